The number of hydrogen-bond acceptors (Lipinski definition) is 9. The van der Waals surface area contributed by atoms with Crippen LogP contribution in [0.25, 0.3) is 11.4 Å². The number of nitrogens with zero attached hydrogens (tertiary/aromatic N) is 6. The lowest BCUT2D eigenvalue weighted by Gasteiger charge is -2.36. The van der Waals surface area contributed by atoms with Crippen LogP contribution in [0.4, 0.5) is 24.5 Å². The molecule has 50 heavy (non-hydrogen) atoms. The van der Waals surface area contributed by atoms with Crippen molar-refractivity contribution in [2.24, 2.45) is 0 Å². The van der Waals surface area contributed by atoms with Crippen LogP contribution in [0, 0.1) is 0 Å². The largest absolute Gasteiger partial charge is 0.416 e. The summed E-state index contributed by atoms with van der Waals surface area (Å²) in [4.78, 5) is 61.4. The Morgan fingerprint density at radius 2 is 1.90 bits per heavy atom. The summed E-state index contributed by atoms with van der Waals surface area (Å²) < 4.78 is 47.6. The first-order valence-corrected chi connectivity index (χ1v) is 17.0. The number of amides is 3. The Hall–Kier alpha value is -4.74. The van der Waals surface area contributed by atoms with Gasteiger partial charge in [-0.15, -0.1) is 16.4 Å². The van der Waals surface area contributed by atoms with Crippen molar-refractivity contribution in [2.75, 3.05) is 56.2 Å². The molecule has 0 spiro atoms. The van der Waals surface area contributed by atoms with E-state index < -0.39 is 23.2 Å². The molecule has 18 heteroatoms. The van der Waals surface area contributed by atoms with Gasteiger partial charge in [-0.05, 0) is 48.1 Å². The number of carbonyl (C=O) groups is 3. The van der Waals surface area contributed by atoms with Crippen molar-refractivity contribution < 1.29 is 32.3 Å². The summed E-state index contributed by atoms with van der Waals surface area (Å²) in [7, 11) is 0. The molecule has 6 rings (SSSR count). The average molecular weight is 733 g/mol. The molecule has 4 aromatic rings. The van der Waals surface area contributed by atoms with Gasteiger partial charge in [-0.2, -0.15) is 22.7 Å². The predicted molar refractivity (Wildman–Crippen MR) is 181 cm³/mol. The van der Waals surface area contributed by atoms with Gasteiger partial charge in [0.15, 0.2) is 5.82 Å². The predicted octanol–water partition coefficient (Wildman–Crippen LogP) is 3.71. The summed E-state index contributed by atoms with van der Waals surface area (Å²) in [6.45, 7) is 3.23. The summed E-state index contributed by atoms with van der Waals surface area (Å²) in [5, 5.41) is 11.2. The molecule has 0 aliphatic carbocycles. The second-order valence-electron chi connectivity index (χ2n) is 11.5. The van der Waals surface area contributed by atoms with Crippen LogP contribution >= 0.6 is 22.9 Å². The number of alkyl halides is 3. The van der Waals surface area contributed by atoms with Crippen LogP contribution in [0.15, 0.2) is 46.6 Å². The Morgan fingerprint density at radius 1 is 1.12 bits per heavy atom. The molecule has 0 radical (unpaired) electrons. The van der Waals surface area contributed by atoms with Gasteiger partial charge in [0.05, 0.1) is 46.6 Å². The minimum atomic E-state index is -4.61. The van der Waals surface area contributed by atoms with Gasteiger partial charge in [0.2, 0.25) is 17.6 Å². The molecule has 2 N–H and O–H groups in total. The van der Waals surface area contributed by atoms with Crippen molar-refractivity contribution in [3.8, 4) is 0 Å². The van der Waals surface area contributed by atoms with Crippen molar-refractivity contribution in [1.29, 1.82) is 0 Å². The number of halogens is 4. The SMILES string of the molecule is CCc1c(N2CCN(C(=O)CNC(=O)c3cccs3)CC2)c(=O)n2nc(C3=CCOCC3)nc2n1CC(=O)Nc1ccc(C(F)(F)F)cc1Cl. The summed E-state index contributed by atoms with van der Waals surface area (Å²) in [6, 6.07) is 6.06. The molecule has 2 aliphatic heterocycles. The van der Waals surface area contributed by atoms with E-state index in [0.29, 0.717) is 42.5 Å². The second-order valence-corrected chi connectivity index (χ2v) is 12.9. The number of carbonyl (C=O) groups excluding carboxylic acids is 3. The lowest BCUT2D eigenvalue weighted by molar-refractivity contribution is -0.137. The molecule has 13 nitrogen and oxygen atoms in total. The average Bonchev–Trinajstić information content (AvgIpc) is 3.81. The van der Waals surface area contributed by atoms with Crippen LogP contribution in [0.3, 0.4) is 0 Å². The number of piperazine rings is 1. The molecule has 0 unspecified atom stereocenters. The molecule has 1 fully saturated rings. The molecule has 1 aromatic carbocycles. The Kier molecular flexibility index (Phi) is 10.3. The molecule has 0 atom stereocenters. The summed E-state index contributed by atoms with van der Waals surface area (Å²) in [6.07, 6.45) is -1.95. The van der Waals surface area contributed by atoms with E-state index in [4.69, 9.17) is 16.3 Å². The molecule has 5 heterocycles. The number of anilines is 2. The molecular formula is C32H32ClF3N8O5S. The smallest absolute Gasteiger partial charge is 0.377 e. The van der Waals surface area contributed by atoms with Gasteiger partial charge < -0.3 is 29.7 Å². The van der Waals surface area contributed by atoms with Crippen LogP contribution in [0.2, 0.25) is 5.02 Å². The fraction of sp³-hybridized carbons (Fsp3) is 0.375. The van der Waals surface area contributed by atoms with E-state index in [1.165, 1.54) is 11.3 Å². The Labute approximate surface area is 292 Å². The van der Waals surface area contributed by atoms with E-state index in [1.54, 1.807) is 27.0 Å². The van der Waals surface area contributed by atoms with Crippen molar-refractivity contribution in [1.82, 2.24) is 29.4 Å². The highest BCUT2D eigenvalue weighted by Gasteiger charge is 2.32. The summed E-state index contributed by atoms with van der Waals surface area (Å²) in [5.74, 6) is -0.789. The number of benzene rings is 1. The normalized spacial score (nSPS) is 15.3. The minimum Gasteiger partial charge on any atom is -0.377 e. The topological polar surface area (TPSA) is 143 Å². The van der Waals surface area contributed by atoms with Crippen LogP contribution in [0.5, 0.6) is 0 Å². The maximum Gasteiger partial charge on any atom is 0.416 e. The molecular weight excluding hydrogens is 701 g/mol. The zero-order valence-corrected chi connectivity index (χ0v) is 28.3. The van der Waals surface area contributed by atoms with Crippen molar-refractivity contribution in [3.63, 3.8) is 0 Å². The van der Waals surface area contributed by atoms with E-state index in [1.807, 2.05) is 17.9 Å². The number of thiophene rings is 1. The van der Waals surface area contributed by atoms with Gasteiger partial charge >= 0.3 is 6.18 Å². The lowest BCUT2D eigenvalue weighted by Crippen LogP contribution is -2.52. The maximum absolute atomic E-state index is 14.1. The van der Waals surface area contributed by atoms with Gasteiger partial charge in [-0.3, -0.25) is 19.2 Å². The van der Waals surface area contributed by atoms with Crippen LogP contribution in [0.1, 0.15) is 40.1 Å². The van der Waals surface area contributed by atoms with E-state index >= 15 is 0 Å². The molecule has 264 valence electrons. The molecule has 3 amide bonds. The van der Waals surface area contributed by atoms with E-state index in [2.05, 4.69) is 20.7 Å². The molecule has 2 aliphatic rings. The maximum atomic E-state index is 14.1. The third-order valence-electron chi connectivity index (χ3n) is 8.38. The molecule has 3 aromatic heterocycles. The standard InChI is InChI=1S/C32H32ClF3N8O5S/c1-2-23-27(42-11-9-41(10-12-42)26(46)17-37-29(47)24-4-3-15-50-24)30(48)44-31(39-28(40-44)19-7-13-49-14-8-19)43(23)18-25(45)38-22-6-5-20(16-21(22)33)32(34,35)36/h3-7,15-16H,2,8-14,17-18H2,1H3,(H,37,47)(H,38,45). The van der Waals surface area contributed by atoms with Gasteiger partial charge in [0.25, 0.3) is 11.5 Å². The highest BCUT2D eigenvalue weighted by atomic mass is 35.5. The van der Waals surface area contributed by atoms with E-state index in [0.717, 1.165) is 28.3 Å². The monoisotopic (exact) mass is 732 g/mol. The Balaban J connectivity index is 1.28. The fourth-order valence-corrected chi connectivity index (χ4v) is 6.73. The number of nitrogens with one attached hydrogen (secondary N) is 2. The van der Waals surface area contributed by atoms with E-state index in [-0.39, 0.29) is 73.3 Å². The number of rotatable bonds is 9. The lowest BCUT2D eigenvalue weighted by atomic mass is 10.1. The minimum absolute atomic E-state index is 0.0121. The van der Waals surface area contributed by atoms with Crippen molar-refractivity contribution in [3.05, 3.63) is 79.1 Å². The Morgan fingerprint density at radius 3 is 2.54 bits per heavy atom. The highest BCUT2D eigenvalue weighted by Crippen LogP contribution is 2.34. The number of fused-ring (bicyclic) bond motifs is 1. The zero-order chi connectivity index (χ0) is 35.6. The van der Waals surface area contributed by atoms with Crippen LogP contribution in [-0.4, -0.2) is 87.7 Å². The third-order valence-corrected chi connectivity index (χ3v) is 9.56. The molecule has 1 saturated heterocycles. The molecule has 0 saturated carbocycles. The number of aromatic nitrogens is 4. The van der Waals surface area contributed by atoms with Gasteiger partial charge in [-0.1, -0.05) is 30.7 Å². The first-order valence-electron chi connectivity index (χ1n) is 15.7. The second kappa shape index (κ2) is 14.6. The zero-order valence-electron chi connectivity index (χ0n) is 26.8. The number of ether oxygens (including phenoxy) is 1. The highest BCUT2D eigenvalue weighted by molar-refractivity contribution is 7.12. The third kappa shape index (κ3) is 7.39. The van der Waals surface area contributed by atoms with E-state index in [9.17, 15) is 32.3 Å². The summed E-state index contributed by atoms with van der Waals surface area (Å²) >= 11 is 7.38. The molecule has 0 bridgehead atoms. The summed E-state index contributed by atoms with van der Waals surface area (Å²) in [5.41, 5.74) is 0.138. The van der Waals surface area contributed by atoms with Crippen molar-refractivity contribution in [2.45, 2.75) is 32.5 Å². The van der Waals surface area contributed by atoms with Gasteiger partial charge in [-0.25, -0.2) is 0 Å². The van der Waals surface area contributed by atoms with Crippen molar-refractivity contribution >= 4 is 63.4 Å². The first-order chi connectivity index (χ1) is 23.9. The first kappa shape index (κ1) is 35.1. The Bertz CT molecular complexity index is 2020. The number of hydrogen-bond donors (Lipinski definition) is 2. The quantitative estimate of drug-likeness (QED) is 0.265. The van der Waals surface area contributed by atoms with Crippen LogP contribution < -0.4 is 21.1 Å². The van der Waals surface area contributed by atoms with Crippen LogP contribution in [-0.2, 0) is 33.5 Å². The van der Waals surface area contributed by atoms with Gasteiger partial charge in [0.1, 0.15) is 12.2 Å². The fourth-order valence-electron chi connectivity index (χ4n) is 5.86. The van der Waals surface area contributed by atoms with Gasteiger partial charge in [0, 0.05) is 26.2 Å².